The molecule has 3 rings (SSSR count). The van der Waals surface area contributed by atoms with Gasteiger partial charge in [-0.3, -0.25) is 9.69 Å². The Balaban J connectivity index is 1.62. The van der Waals surface area contributed by atoms with E-state index >= 15 is 0 Å². The zero-order valence-corrected chi connectivity index (χ0v) is 12.8. The minimum absolute atomic E-state index is 0.0828. The Morgan fingerprint density at radius 3 is 3.19 bits per heavy atom. The lowest BCUT2D eigenvalue weighted by Gasteiger charge is -2.31. The number of thiazole rings is 1. The van der Waals surface area contributed by atoms with Crippen molar-refractivity contribution in [1.29, 1.82) is 0 Å². The molecule has 0 amide bonds. The average Bonchev–Trinajstić information content (AvgIpc) is 2.89. The van der Waals surface area contributed by atoms with Gasteiger partial charge in [0.15, 0.2) is 0 Å². The number of nitrogens with zero attached hydrogens (tertiary/aromatic N) is 2. The smallest absolute Gasteiger partial charge is 0.308 e. The predicted molar refractivity (Wildman–Crippen MR) is 81.3 cm³/mol. The molecule has 1 unspecified atom stereocenters. The van der Waals surface area contributed by atoms with Gasteiger partial charge in [-0.1, -0.05) is 12.1 Å². The van der Waals surface area contributed by atoms with Gasteiger partial charge < -0.3 is 9.47 Å². The fourth-order valence-corrected chi connectivity index (χ4v) is 3.51. The lowest BCUT2D eigenvalue weighted by atomic mass is 10.2. The molecule has 1 aromatic carbocycles. The number of carbonyl (C=O) groups excluding carboxylic acids is 1. The number of hydrogen-bond donors (Lipinski definition) is 0. The Labute approximate surface area is 127 Å². The number of ether oxygens (including phenoxy) is 2. The normalized spacial score (nSPS) is 19.8. The second kappa shape index (κ2) is 6.51. The molecular weight excluding hydrogens is 288 g/mol. The second-order valence-electron chi connectivity index (χ2n) is 5.08. The summed E-state index contributed by atoms with van der Waals surface area (Å²) in [6.07, 6.45) is 0.230. The van der Waals surface area contributed by atoms with Crippen LogP contribution in [0.15, 0.2) is 24.3 Å². The molecule has 1 saturated heterocycles. The SMILES string of the molecule is COC(=O)CC1CN(Cc2nc3ccccc3s2)CCO1. The van der Waals surface area contributed by atoms with Crippen LogP contribution in [-0.2, 0) is 20.8 Å². The number of benzene rings is 1. The van der Waals surface area contributed by atoms with Crippen LogP contribution >= 0.6 is 11.3 Å². The van der Waals surface area contributed by atoms with Crippen LogP contribution in [0.1, 0.15) is 11.4 Å². The Morgan fingerprint density at radius 1 is 1.52 bits per heavy atom. The molecule has 0 saturated carbocycles. The molecule has 6 heteroatoms. The van der Waals surface area contributed by atoms with Crippen LogP contribution in [-0.4, -0.2) is 48.8 Å². The van der Waals surface area contributed by atoms with Gasteiger partial charge in [0.05, 0.1) is 43.0 Å². The third kappa shape index (κ3) is 3.58. The summed E-state index contributed by atoms with van der Waals surface area (Å²) in [5, 5.41) is 1.11. The maximum absolute atomic E-state index is 11.3. The summed E-state index contributed by atoms with van der Waals surface area (Å²) in [6, 6.07) is 8.17. The summed E-state index contributed by atoms with van der Waals surface area (Å²) in [7, 11) is 1.41. The highest BCUT2D eigenvalue weighted by molar-refractivity contribution is 7.18. The molecule has 0 radical (unpaired) electrons. The number of rotatable bonds is 4. The maximum atomic E-state index is 11.3. The van der Waals surface area contributed by atoms with E-state index in [0.29, 0.717) is 13.0 Å². The highest BCUT2D eigenvalue weighted by Gasteiger charge is 2.23. The van der Waals surface area contributed by atoms with Crippen molar-refractivity contribution in [1.82, 2.24) is 9.88 Å². The van der Waals surface area contributed by atoms with Crippen molar-refractivity contribution in [2.75, 3.05) is 26.8 Å². The van der Waals surface area contributed by atoms with E-state index in [1.54, 1.807) is 11.3 Å². The molecule has 2 heterocycles. The molecule has 5 nitrogen and oxygen atoms in total. The van der Waals surface area contributed by atoms with Gasteiger partial charge in [-0.15, -0.1) is 11.3 Å². The van der Waals surface area contributed by atoms with Crippen molar-refractivity contribution in [3.05, 3.63) is 29.3 Å². The Morgan fingerprint density at radius 2 is 2.38 bits per heavy atom. The number of para-hydroxylation sites is 1. The molecule has 0 aliphatic carbocycles. The number of fused-ring (bicyclic) bond motifs is 1. The lowest BCUT2D eigenvalue weighted by molar-refractivity contribution is -0.145. The average molecular weight is 306 g/mol. The van der Waals surface area contributed by atoms with Crippen LogP contribution in [0.5, 0.6) is 0 Å². The zero-order valence-electron chi connectivity index (χ0n) is 11.9. The zero-order chi connectivity index (χ0) is 14.7. The molecule has 2 aromatic rings. The van der Waals surface area contributed by atoms with Crippen LogP contribution in [0, 0.1) is 0 Å². The molecule has 21 heavy (non-hydrogen) atoms. The highest BCUT2D eigenvalue weighted by Crippen LogP contribution is 2.23. The van der Waals surface area contributed by atoms with Crippen LogP contribution in [0.4, 0.5) is 0 Å². The van der Waals surface area contributed by atoms with Gasteiger partial charge >= 0.3 is 5.97 Å². The molecular formula is C15H18N2O3S. The Kier molecular flexibility index (Phi) is 4.48. The molecule has 0 N–H and O–H groups in total. The monoisotopic (exact) mass is 306 g/mol. The third-order valence-corrected chi connectivity index (χ3v) is 4.56. The highest BCUT2D eigenvalue weighted by atomic mass is 32.1. The Hall–Kier alpha value is -1.50. The second-order valence-corrected chi connectivity index (χ2v) is 6.20. The molecule has 1 atom stereocenters. The number of aromatic nitrogens is 1. The van der Waals surface area contributed by atoms with Gasteiger partial charge in [-0.05, 0) is 12.1 Å². The number of morpholine rings is 1. The van der Waals surface area contributed by atoms with Gasteiger partial charge in [0.1, 0.15) is 5.01 Å². The lowest BCUT2D eigenvalue weighted by Crippen LogP contribution is -2.42. The largest absolute Gasteiger partial charge is 0.469 e. The topological polar surface area (TPSA) is 51.7 Å². The van der Waals surface area contributed by atoms with Crippen molar-refractivity contribution >= 4 is 27.5 Å². The van der Waals surface area contributed by atoms with E-state index in [9.17, 15) is 4.79 Å². The van der Waals surface area contributed by atoms with Crippen molar-refractivity contribution in [3.8, 4) is 0 Å². The summed E-state index contributed by atoms with van der Waals surface area (Å²) < 4.78 is 11.5. The summed E-state index contributed by atoms with van der Waals surface area (Å²) in [5.41, 5.74) is 1.05. The van der Waals surface area contributed by atoms with Gasteiger partial charge in [-0.25, -0.2) is 4.98 Å². The summed E-state index contributed by atoms with van der Waals surface area (Å²) >= 11 is 1.73. The quantitative estimate of drug-likeness (QED) is 0.809. The van der Waals surface area contributed by atoms with Gasteiger partial charge in [0.25, 0.3) is 0 Å². The summed E-state index contributed by atoms with van der Waals surface area (Å²) in [6.45, 7) is 3.06. The minimum Gasteiger partial charge on any atom is -0.469 e. The fraction of sp³-hybridized carbons (Fsp3) is 0.467. The van der Waals surface area contributed by atoms with E-state index in [4.69, 9.17) is 9.47 Å². The van der Waals surface area contributed by atoms with E-state index < -0.39 is 0 Å². The Bertz CT molecular complexity index is 595. The van der Waals surface area contributed by atoms with Crippen LogP contribution in [0.2, 0.25) is 0 Å². The standard InChI is InChI=1S/C15H18N2O3S/c1-19-15(18)8-11-9-17(6-7-20-11)10-14-16-12-4-2-3-5-13(12)21-14/h2-5,11H,6-10H2,1H3. The van der Waals surface area contributed by atoms with Crippen molar-refractivity contribution in [2.45, 2.75) is 19.1 Å². The van der Waals surface area contributed by atoms with E-state index in [-0.39, 0.29) is 12.1 Å². The fourth-order valence-electron chi connectivity index (χ4n) is 2.50. The van der Waals surface area contributed by atoms with Crippen molar-refractivity contribution in [2.24, 2.45) is 0 Å². The first kappa shape index (κ1) is 14.4. The van der Waals surface area contributed by atoms with Crippen LogP contribution in [0.25, 0.3) is 10.2 Å². The van der Waals surface area contributed by atoms with Crippen molar-refractivity contribution in [3.63, 3.8) is 0 Å². The molecule has 1 aromatic heterocycles. The molecule has 0 bridgehead atoms. The van der Waals surface area contributed by atoms with Crippen LogP contribution < -0.4 is 0 Å². The van der Waals surface area contributed by atoms with Gasteiger partial charge in [-0.2, -0.15) is 0 Å². The first-order chi connectivity index (χ1) is 10.2. The predicted octanol–water partition coefficient (Wildman–Crippen LogP) is 2.06. The first-order valence-corrected chi connectivity index (χ1v) is 7.81. The first-order valence-electron chi connectivity index (χ1n) is 7.00. The van der Waals surface area contributed by atoms with E-state index in [1.807, 2.05) is 18.2 Å². The molecule has 0 spiro atoms. The van der Waals surface area contributed by atoms with E-state index in [2.05, 4.69) is 16.0 Å². The summed E-state index contributed by atoms with van der Waals surface area (Å²) in [4.78, 5) is 18.3. The van der Waals surface area contributed by atoms with E-state index in [0.717, 1.165) is 30.2 Å². The van der Waals surface area contributed by atoms with Gasteiger partial charge in [0.2, 0.25) is 0 Å². The molecule has 1 aliphatic rings. The molecule has 112 valence electrons. The van der Waals surface area contributed by atoms with Crippen LogP contribution in [0.3, 0.4) is 0 Å². The maximum Gasteiger partial charge on any atom is 0.308 e. The van der Waals surface area contributed by atoms with E-state index in [1.165, 1.54) is 11.8 Å². The minimum atomic E-state index is -0.221. The van der Waals surface area contributed by atoms with Gasteiger partial charge in [0, 0.05) is 13.1 Å². The summed E-state index contributed by atoms with van der Waals surface area (Å²) in [5.74, 6) is -0.221. The number of esters is 1. The molecule has 1 fully saturated rings. The number of carbonyl (C=O) groups is 1. The third-order valence-electron chi connectivity index (χ3n) is 3.54. The number of methoxy groups -OCH3 is 1. The van der Waals surface area contributed by atoms with Crippen molar-refractivity contribution < 1.29 is 14.3 Å². The number of hydrogen-bond acceptors (Lipinski definition) is 6. The molecule has 1 aliphatic heterocycles.